The van der Waals surface area contributed by atoms with Crippen LogP contribution in [0.25, 0.3) is 33.7 Å². The third kappa shape index (κ3) is 1.06. The van der Waals surface area contributed by atoms with Crippen LogP contribution in [0, 0.1) is 0 Å². The van der Waals surface area contributed by atoms with Crippen LogP contribution in [0.4, 0.5) is 0 Å². The van der Waals surface area contributed by atoms with Gasteiger partial charge in [-0.15, -0.1) is 4.57 Å². The number of furan rings is 1. The van der Waals surface area contributed by atoms with Gasteiger partial charge in [-0.25, -0.2) is 0 Å². The van der Waals surface area contributed by atoms with E-state index in [0.29, 0.717) is 5.78 Å². The molecule has 90 valence electrons. The molecule has 3 heteroatoms. The minimum absolute atomic E-state index is 0.616. The van der Waals surface area contributed by atoms with E-state index in [-0.39, 0.29) is 0 Å². The van der Waals surface area contributed by atoms with E-state index in [1.807, 2.05) is 24.3 Å². The van der Waals surface area contributed by atoms with Crippen molar-refractivity contribution in [2.45, 2.75) is 6.54 Å². The fourth-order valence-corrected chi connectivity index (χ4v) is 2.97. The molecule has 0 unspecified atom stereocenters. The van der Waals surface area contributed by atoms with Gasteiger partial charge in [-0.2, -0.15) is 0 Å². The minimum atomic E-state index is 0.616. The zero-order valence-corrected chi connectivity index (χ0v) is 10.1. The summed E-state index contributed by atoms with van der Waals surface area (Å²) in [6.07, 6.45) is 0. The SMILES string of the molecule is c1ccc2c(c1)C[n+]1c-2oc2oc3ccccc3c21. The van der Waals surface area contributed by atoms with E-state index in [1.54, 1.807) is 0 Å². The maximum absolute atomic E-state index is 5.92. The molecule has 0 saturated heterocycles. The predicted octanol–water partition coefficient (Wildman–Crippen LogP) is 3.50. The van der Waals surface area contributed by atoms with E-state index in [1.165, 1.54) is 5.56 Å². The molecule has 1 aliphatic rings. The molecule has 0 N–H and O–H groups in total. The van der Waals surface area contributed by atoms with Crippen LogP contribution in [0.15, 0.2) is 57.4 Å². The number of benzene rings is 2. The average Bonchev–Trinajstić information content (AvgIpc) is 3.05. The number of para-hydroxylation sites is 1. The van der Waals surface area contributed by atoms with Crippen LogP contribution in [0.5, 0.6) is 0 Å². The normalized spacial score (nSPS) is 13.1. The van der Waals surface area contributed by atoms with Gasteiger partial charge in [0, 0.05) is 5.56 Å². The molecule has 5 rings (SSSR count). The standard InChI is InChI=1S/C16H10NO2/c1-2-6-11-10(5-1)9-17-14-12-7-3-4-8-13(12)18-16(14)19-15(11)17/h1-8H,9H2/q+1. The number of nitrogens with zero attached hydrogens (tertiary/aromatic N) is 1. The van der Waals surface area contributed by atoms with Crippen molar-refractivity contribution in [1.82, 2.24) is 0 Å². The smallest absolute Gasteiger partial charge is 0.384 e. The lowest BCUT2D eigenvalue weighted by Crippen LogP contribution is -2.30. The summed E-state index contributed by atoms with van der Waals surface area (Å²) in [5.41, 5.74) is 4.40. The average molecular weight is 248 g/mol. The first-order valence-corrected chi connectivity index (χ1v) is 6.34. The van der Waals surface area contributed by atoms with Gasteiger partial charge in [-0.1, -0.05) is 30.3 Å². The van der Waals surface area contributed by atoms with Gasteiger partial charge in [0.1, 0.15) is 5.58 Å². The number of rotatable bonds is 0. The van der Waals surface area contributed by atoms with Gasteiger partial charge >= 0.3 is 17.2 Å². The fraction of sp³-hybridized carbons (Fsp3) is 0.0625. The second kappa shape index (κ2) is 3.06. The fourth-order valence-electron chi connectivity index (χ4n) is 2.97. The molecule has 0 fully saturated rings. The Morgan fingerprint density at radius 3 is 2.74 bits per heavy atom. The van der Waals surface area contributed by atoms with Gasteiger partial charge in [-0.05, 0) is 18.2 Å². The molecule has 0 spiro atoms. The van der Waals surface area contributed by atoms with Crippen molar-refractivity contribution < 1.29 is 13.4 Å². The number of aromatic nitrogens is 1. The van der Waals surface area contributed by atoms with Gasteiger partial charge in [0.2, 0.25) is 0 Å². The highest BCUT2D eigenvalue weighted by atomic mass is 16.5. The topological polar surface area (TPSA) is 30.2 Å². The summed E-state index contributed by atoms with van der Waals surface area (Å²) in [7, 11) is 0. The molecule has 2 aromatic carbocycles. The van der Waals surface area contributed by atoms with Crippen molar-refractivity contribution in [2.75, 3.05) is 0 Å². The van der Waals surface area contributed by atoms with Crippen molar-refractivity contribution in [3.8, 4) is 11.5 Å². The maximum Gasteiger partial charge on any atom is 0.384 e. The van der Waals surface area contributed by atoms with Crippen molar-refractivity contribution >= 4 is 22.3 Å². The summed E-state index contributed by atoms with van der Waals surface area (Å²) in [4.78, 5) is 0. The maximum atomic E-state index is 5.92. The van der Waals surface area contributed by atoms with E-state index < -0.39 is 0 Å². The van der Waals surface area contributed by atoms with E-state index in [0.717, 1.165) is 34.5 Å². The molecule has 0 radical (unpaired) electrons. The minimum Gasteiger partial charge on any atom is -0.420 e. The molecule has 3 nitrogen and oxygen atoms in total. The van der Waals surface area contributed by atoms with Gasteiger partial charge in [0.15, 0.2) is 6.54 Å². The van der Waals surface area contributed by atoms with Gasteiger partial charge in [0.05, 0.1) is 10.9 Å². The van der Waals surface area contributed by atoms with Crippen molar-refractivity contribution in [1.29, 1.82) is 0 Å². The molecule has 0 bridgehead atoms. The van der Waals surface area contributed by atoms with Crippen molar-refractivity contribution in [3.63, 3.8) is 0 Å². The molecule has 0 amide bonds. The number of fused-ring (bicyclic) bond motifs is 7. The van der Waals surface area contributed by atoms with E-state index in [2.05, 4.69) is 28.8 Å². The quantitative estimate of drug-likeness (QED) is 0.393. The van der Waals surface area contributed by atoms with Gasteiger partial charge in [0.25, 0.3) is 0 Å². The zero-order valence-electron chi connectivity index (χ0n) is 10.1. The summed E-state index contributed by atoms with van der Waals surface area (Å²) in [5, 5.41) is 1.11. The molecule has 0 saturated carbocycles. The van der Waals surface area contributed by atoms with Crippen molar-refractivity contribution in [2.24, 2.45) is 0 Å². The number of oxazole rings is 1. The van der Waals surface area contributed by atoms with Crippen molar-refractivity contribution in [3.05, 3.63) is 54.1 Å². The van der Waals surface area contributed by atoms with Gasteiger partial charge < -0.3 is 8.83 Å². The third-order valence-electron chi connectivity index (χ3n) is 3.82. The summed E-state index contributed by atoms with van der Waals surface area (Å²) in [5.74, 6) is 1.51. The molecular weight excluding hydrogens is 238 g/mol. The van der Waals surface area contributed by atoms with Crippen LogP contribution >= 0.6 is 0 Å². The summed E-state index contributed by atoms with van der Waals surface area (Å²) in [6, 6.07) is 16.4. The van der Waals surface area contributed by atoms with Crippen LogP contribution in [-0.2, 0) is 6.54 Å². The Balaban J connectivity index is 1.94. The number of hydrogen-bond acceptors (Lipinski definition) is 2. The van der Waals surface area contributed by atoms with Crippen LogP contribution in [-0.4, -0.2) is 0 Å². The highest BCUT2D eigenvalue weighted by Crippen LogP contribution is 2.35. The Hall–Kier alpha value is -2.55. The monoisotopic (exact) mass is 248 g/mol. The molecule has 0 aliphatic carbocycles. The van der Waals surface area contributed by atoms with Crippen LogP contribution in [0.1, 0.15) is 5.56 Å². The predicted molar refractivity (Wildman–Crippen MR) is 70.7 cm³/mol. The summed E-state index contributed by atoms with van der Waals surface area (Å²) < 4.78 is 13.9. The Labute approximate surface area is 108 Å². The van der Waals surface area contributed by atoms with E-state index in [9.17, 15) is 0 Å². The van der Waals surface area contributed by atoms with E-state index in [4.69, 9.17) is 8.83 Å². The lowest BCUT2D eigenvalue weighted by Gasteiger charge is -1.88. The summed E-state index contributed by atoms with van der Waals surface area (Å²) in [6.45, 7) is 0.849. The Morgan fingerprint density at radius 2 is 1.74 bits per heavy atom. The van der Waals surface area contributed by atoms with Crippen LogP contribution < -0.4 is 4.57 Å². The first kappa shape index (κ1) is 9.39. The highest BCUT2D eigenvalue weighted by molar-refractivity contribution is 5.99. The molecular formula is C16H10NO2+. The van der Waals surface area contributed by atoms with Crippen LogP contribution in [0.2, 0.25) is 0 Å². The molecule has 0 atom stereocenters. The Morgan fingerprint density at radius 1 is 0.895 bits per heavy atom. The molecule has 2 aromatic heterocycles. The second-order valence-corrected chi connectivity index (χ2v) is 4.88. The third-order valence-corrected chi connectivity index (χ3v) is 3.82. The lowest BCUT2D eigenvalue weighted by molar-refractivity contribution is -0.648. The highest BCUT2D eigenvalue weighted by Gasteiger charge is 2.36. The lowest BCUT2D eigenvalue weighted by atomic mass is 10.1. The number of hydrogen-bond donors (Lipinski definition) is 0. The first-order chi connectivity index (χ1) is 9.42. The van der Waals surface area contributed by atoms with Crippen LogP contribution in [0.3, 0.4) is 0 Å². The molecule has 1 aliphatic heterocycles. The Bertz CT molecular complexity index is 946. The molecule has 19 heavy (non-hydrogen) atoms. The second-order valence-electron chi connectivity index (χ2n) is 4.88. The zero-order chi connectivity index (χ0) is 12.4. The summed E-state index contributed by atoms with van der Waals surface area (Å²) >= 11 is 0. The largest absolute Gasteiger partial charge is 0.420 e. The van der Waals surface area contributed by atoms with Gasteiger partial charge in [-0.3, -0.25) is 0 Å². The van der Waals surface area contributed by atoms with E-state index >= 15 is 0 Å². The molecule has 3 heterocycles. The Kier molecular flexibility index (Phi) is 1.51. The molecule has 4 aromatic rings. The first-order valence-electron chi connectivity index (χ1n) is 6.34.